The Morgan fingerprint density at radius 1 is 1.05 bits per heavy atom. The fourth-order valence-electron chi connectivity index (χ4n) is 5.53. The van der Waals surface area contributed by atoms with Crippen molar-refractivity contribution in [1.82, 2.24) is 14.9 Å². The van der Waals surface area contributed by atoms with Crippen molar-refractivity contribution < 1.29 is 23.0 Å². The number of hydrogen-bond acceptors (Lipinski definition) is 7. The monoisotopic (exact) mass is 555 g/mol. The summed E-state index contributed by atoms with van der Waals surface area (Å²) in [6.45, 7) is 10.7. The van der Waals surface area contributed by atoms with E-state index >= 15 is 4.39 Å². The highest BCUT2D eigenvalue weighted by molar-refractivity contribution is 5.73. The molecule has 7 nitrogen and oxygen atoms in total. The van der Waals surface area contributed by atoms with Crippen LogP contribution < -0.4 is 15.0 Å². The molecular formula is C30H36F3N5O2. The molecule has 2 aromatic carbocycles. The quantitative estimate of drug-likeness (QED) is 0.376. The summed E-state index contributed by atoms with van der Waals surface area (Å²) in [5.41, 5.74) is 1.00. The molecule has 10 heteroatoms. The summed E-state index contributed by atoms with van der Waals surface area (Å²) in [7, 11) is 0. The lowest BCUT2D eigenvalue weighted by molar-refractivity contribution is -0.0137. The van der Waals surface area contributed by atoms with Gasteiger partial charge in [0.15, 0.2) is 17.4 Å². The molecule has 1 fully saturated rings. The first-order valence-electron chi connectivity index (χ1n) is 13.8. The number of hydrogen-bond donors (Lipinski definition) is 2. The largest absolute Gasteiger partial charge is 0.486 e. The Balaban J connectivity index is 1.32. The van der Waals surface area contributed by atoms with E-state index in [-0.39, 0.29) is 40.7 Å². The molecule has 0 spiro atoms. The fraction of sp³-hybridized carbons (Fsp3) is 0.467. The van der Waals surface area contributed by atoms with Crippen LogP contribution in [0.15, 0.2) is 36.5 Å². The first-order valence-corrected chi connectivity index (χ1v) is 13.8. The minimum absolute atomic E-state index is 0.0623. The summed E-state index contributed by atoms with van der Waals surface area (Å²) in [5, 5.41) is 13.2. The molecule has 0 saturated carbocycles. The molecule has 5 rings (SSSR count). The molecule has 0 unspecified atom stereocenters. The maximum absolute atomic E-state index is 15.0. The van der Waals surface area contributed by atoms with E-state index in [9.17, 15) is 13.9 Å². The van der Waals surface area contributed by atoms with Crippen LogP contribution in [0.1, 0.15) is 46.1 Å². The van der Waals surface area contributed by atoms with Crippen molar-refractivity contribution in [3.8, 4) is 17.0 Å². The molecule has 3 heterocycles. The highest BCUT2D eigenvalue weighted by atomic mass is 19.1. The third-order valence-electron chi connectivity index (χ3n) is 7.84. The smallest absolute Gasteiger partial charge is 0.227 e. The number of rotatable bonds is 7. The fourth-order valence-corrected chi connectivity index (χ4v) is 5.53. The zero-order valence-electron chi connectivity index (χ0n) is 23.3. The molecular weight excluding hydrogens is 519 g/mol. The lowest BCUT2D eigenvalue weighted by Gasteiger charge is -2.37. The molecule has 2 N–H and O–H groups in total. The zero-order valence-corrected chi connectivity index (χ0v) is 23.3. The number of aromatic nitrogens is 2. The van der Waals surface area contributed by atoms with E-state index in [0.717, 1.165) is 32.1 Å². The van der Waals surface area contributed by atoms with Gasteiger partial charge in [-0.15, -0.1) is 0 Å². The summed E-state index contributed by atoms with van der Waals surface area (Å²) in [6.07, 6.45) is 2.75. The zero-order chi connectivity index (χ0) is 28.6. The first-order chi connectivity index (χ1) is 19.0. The van der Waals surface area contributed by atoms with Gasteiger partial charge in [0.1, 0.15) is 18.1 Å². The van der Waals surface area contributed by atoms with Crippen molar-refractivity contribution in [3.63, 3.8) is 0 Å². The summed E-state index contributed by atoms with van der Waals surface area (Å²) in [6, 6.07) is 7.78. The van der Waals surface area contributed by atoms with Crippen molar-refractivity contribution in [2.45, 2.75) is 58.7 Å². The molecule has 2 aliphatic heterocycles. The lowest BCUT2D eigenvalue weighted by Crippen LogP contribution is -2.41. The van der Waals surface area contributed by atoms with Crippen LogP contribution in [0.3, 0.4) is 0 Å². The Kier molecular flexibility index (Phi) is 7.92. The van der Waals surface area contributed by atoms with E-state index < -0.39 is 17.2 Å². The highest BCUT2D eigenvalue weighted by Crippen LogP contribution is 2.39. The predicted octanol–water partition coefficient (Wildman–Crippen LogP) is 5.89. The van der Waals surface area contributed by atoms with E-state index in [4.69, 9.17) is 4.74 Å². The van der Waals surface area contributed by atoms with Gasteiger partial charge in [0, 0.05) is 29.4 Å². The van der Waals surface area contributed by atoms with E-state index in [1.165, 1.54) is 12.1 Å². The number of likely N-dealkylation sites (tertiary alicyclic amines) is 1. The van der Waals surface area contributed by atoms with E-state index in [2.05, 4.69) is 20.2 Å². The van der Waals surface area contributed by atoms with E-state index in [1.54, 1.807) is 18.2 Å². The van der Waals surface area contributed by atoms with Gasteiger partial charge in [0.2, 0.25) is 5.95 Å². The number of nitrogens with one attached hydrogen (secondary N) is 1. The lowest BCUT2D eigenvalue weighted by atomic mass is 9.83. The third-order valence-corrected chi connectivity index (χ3v) is 7.84. The van der Waals surface area contributed by atoms with Crippen LogP contribution in [0.2, 0.25) is 0 Å². The van der Waals surface area contributed by atoms with Gasteiger partial charge in [-0.25, -0.2) is 23.1 Å². The number of halogens is 3. The van der Waals surface area contributed by atoms with Gasteiger partial charge in [-0.2, -0.15) is 0 Å². The molecule has 0 atom stereocenters. The topological polar surface area (TPSA) is 73.8 Å². The molecule has 0 bridgehead atoms. The highest BCUT2D eigenvalue weighted by Gasteiger charge is 2.31. The standard InChI is InChI=1S/C30H36F3N5O2/c1-18(2)38-11-12-40-28-24(32)13-20(14-26(28)38)27-25(33)16-34-29(36-27)35-22-6-5-19(23(31)15-22)17-37-9-7-21(8-10-37)30(3,4)39/h5-6,13-16,18,21,39H,7-12,17H2,1-4H3,(H,34,35,36). The van der Waals surface area contributed by atoms with Crippen molar-refractivity contribution in [3.05, 3.63) is 59.5 Å². The minimum atomic E-state index is -0.704. The first kappa shape index (κ1) is 28.2. The van der Waals surface area contributed by atoms with Gasteiger partial charge < -0.3 is 20.1 Å². The maximum Gasteiger partial charge on any atom is 0.227 e. The van der Waals surface area contributed by atoms with Crippen molar-refractivity contribution >= 4 is 17.3 Å². The second-order valence-corrected chi connectivity index (χ2v) is 11.5. The maximum atomic E-state index is 15.0. The van der Waals surface area contributed by atoms with Crippen LogP contribution in [-0.4, -0.2) is 57.9 Å². The minimum Gasteiger partial charge on any atom is -0.486 e. The summed E-state index contributed by atoms with van der Waals surface area (Å²) in [4.78, 5) is 12.5. The normalized spacial score (nSPS) is 16.7. The molecule has 3 aromatic rings. The number of piperidine rings is 1. The second-order valence-electron chi connectivity index (χ2n) is 11.5. The molecule has 214 valence electrons. The number of ether oxygens (including phenoxy) is 1. The Morgan fingerprint density at radius 2 is 1.80 bits per heavy atom. The molecule has 0 amide bonds. The molecule has 40 heavy (non-hydrogen) atoms. The van der Waals surface area contributed by atoms with Crippen LogP contribution in [0.25, 0.3) is 11.3 Å². The van der Waals surface area contributed by atoms with Crippen LogP contribution in [0.4, 0.5) is 30.5 Å². The van der Waals surface area contributed by atoms with Gasteiger partial charge in [-0.1, -0.05) is 6.07 Å². The number of aliphatic hydroxyl groups is 1. The van der Waals surface area contributed by atoms with Gasteiger partial charge in [-0.3, -0.25) is 4.90 Å². The van der Waals surface area contributed by atoms with Crippen LogP contribution in [0.5, 0.6) is 5.75 Å². The van der Waals surface area contributed by atoms with Crippen molar-refractivity contribution in [2.75, 3.05) is 36.5 Å². The van der Waals surface area contributed by atoms with Crippen LogP contribution in [-0.2, 0) is 6.54 Å². The summed E-state index contributed by atoms with van der Waals surface area (Å²) in [5.74, 6) is -1.22. The summed E-state index contributed by atoms with van der Waals surface area (Å²) >= 11 is 0. The number of nitrogens with zero attached hydrogens (tertiary/aromatic N) is 4. The van der Waals surface area contributed by atoms with Crippen LogP contribution in [0, 0.1) is 23.4 Å². The Labute approximate surface area is 233 Å². The average molecular weight is 556 g/mol. The van der Waals surface area contributed by atoms with E-state index in [0.29, 0.717) is 36.6 Å². The van der Waals surface area contributed by atoms with Crippen molar-refractivity contribution in [2.24, 2.45) is 5.92 Å². The van der Waals surface area contributed by atoms with Gasteiger partial charge in [0.05, 0.1) is 24.0 Å². The molecule has 1 aromatic heterocycles. The molecule has 0 radical (unpaired) electrons. The Bertz CT molecular complexity index is 1370. The number of anilines is 3. The number of fused-ring (bicyclic) bond motifs is 1. The van der Waals surface area contributed by atoms with Gasteiger partial charge in [-0.05, 0) is 83.8 Å². The average Bonchev–Trinajstić information content (AvgIpc) is 2.90. The van der Waals surface area contributed by atoms with E-state index in [1.807, 2.05) is 32.6 Å². The predicted molar refractivity (Wildman–Crippen MR) is 149 cm³/mol. The summed E-state index contributed by atoms with van der Waals surface area (Å²) < 4.78 is 50.4. The Hall–Kier alpha value is -3.37. The second kappa shape index (κ2) is 11.2. The van der Waals surface area contributed by atoms with Crippen LogP contribution >= 0.6 is 0 Å². The molecule has 1 saturated heterocycles. The Morgan fingerprint density at radius 3 is 2.48 bits per heavy atom. The number of benzene rings is 2. The SMILES string of the molecule is CC(C)N1CCOc2c(F)cc(-c3nc(Nc4ccc(CN5CCC(C(C)(C)O)CC5)c(F)c4)ncc3F)cc21. The third kappa shape index (κ3) is 6.02. The molecule has 0 aliphatic carbocycles. The van der Waals surface area contributed by atoms with Gasteiger partial charge >= 0.3 is 0 Å². The van der Waals surface area contributed by atoms with Gasteiger partial charge in [0.25, 0.3) is 0 Å². The van der Waals surface area contributed by atoms with Crippen molar-refractivity contribution in [1.29, 1.82) is 0 Å². The molecule has 2 aliphatic rings.